The van der Waals surface area contributed by atoms with Crippen LogP contribution in [0.15, 0.2) is 6.07 Å². The van der Waals surface area contributed by atoms with E-state index in [1.54, 1.807) is 0 Å². The van der Waals surface area contributed by atoms with Crippen LogP contribution in [-0.4, -0.2) is 59.8 Å². The van der Waals surface area contributed by atoms with Gasteiger partial charge in [-0.05, 0) is 37.9 Å². The summed E-state index contributed by atoms with van der Waals surface area (Å²) in [6.45, 7) is 3.29. The normalized spacial score (nSPS) is 22.9. The van der Waals surface area contributed by atoms with Gasteiger partial charge in [0.05, 0.1) is 5.92 Å². The number of carbonyl (C=O) groups excluding carboxylic acids is 2. The molecule has 6 nitrogen and oxygen atoms in total. The van der Waals surface area contributed by atoms with E-state index in [2.05, 4.69) is 16.9 Å². The first kappa shape index (κ1) is 14.1. The largest absolute Gasteiger partial charge is 0.369 e. The zero-order chi connectivity index (χ0) is 15.0. The predicted molar refractivity (Wildman–Crippen MR) is 79.1 cm³/mol. The minimum absolute atomic E-state index is 0.0284. The number of fused-ring (bicyclic) bond motifs is 1. The highest BCUT2D eigenvalue weighted by atomic mass is 16.2. The van der Waals surface area contributed by atoms with Gasteiger partial charge in [0.2, 0.25) is 5.91 Å². The molecular weight excluding hydrogens is 268 g/mol. The summed E-state index contributed by atoms with van der Waals surface area (Å²) in [5.74, 6) is -0.556. The zero-order valence-electron chi connectivity index (χ0n) is 12.4. The Kier molecular flexibility index (Phi) is 3.71. The van der Waals surface area contributed by atoms with Crippen molar-refractivity contribution in [2.45, 2.75) is 25.2 Å². The molecule has 0 saturated carbocycles. The van der Waals surface area contributed by atoms with Crippen molar-refractivity contribution in [2.24, 2.45) is 5.73 Å². The SMILES string of the molecule is CN1CCN(C(=O)c2cc3c([nH]2)C(C(N)=O)CCC3)CC1. The maximum atomic E-state index is 12.6. The van der Waals surface area contributed by atoms with E-state index in [0.29, 0.717) is 5.69 Å². The van der Waals surface area contributed by atoms with Crippen molar-refractivity contribution in [3.05, 3.63) is 23.0 Å². The summed E-state index contributed by atoms with van der Waals surface area (Å²) in [5.41, 5.74) is 7.99. The van der Waals surface area contributed by atoms with Crippen LogP contribution in [0.1, 0.15) is 40.5 Å². The summed E-state index contributed by atoms with van der Waals surface area (Å²) in [4.78, 5) is 31.4. The lowest BCUT2D eigenvalue weighted by molar-refractivity contribution is -0.119. The number of nitrogens with two attached hydrogens (primary N) is 1. The van der Waals surface area contributed by atoms with Crippen molar-refractivity contribution >= 4 is 11.8 Å². The Morgan fingerprint density at radius 3 is 2.67 bits per heavy atom. The number of piperazine rings is 1. The molecule has 1 fully saturated rings. The van der Waals surface area contributed by atoms with Crippen LogP contribution in [0.25, 0.3) is 0 Å². The van der Waals surface area contributed by atoms with E-state index in [-0.39, 0.29) is 17.7 Å². The Bertz CT molecular complexity index is 558. The van der Waals surface area contributed by atoms with Gasteiger partial charge in [-0.2, -0.15) is 0 Å². The number of aryl methyl sites for hydroxylation is 1. The second kappa shape index (κ2) is 5.52. The van der Waals surface area contributed by atoms with Crippen LogP contribution >= 0.6 is 0 Å². The van der Waals surface area contributed by atoms with Gasteiger partial charge in [-0.15, -0.1) is 0 Å². The molecule has 0 radical (unpaired) electrons. The molecule has 2 aliphatic rings. The van der Waals surface area contributed by atoms with E-state index in [1.807, 2.05) is 11.0 Å². The first-order valence-electron chi connectivity index (χ1n) is 7.55. The van der Waals surface area contributed by atoms with Gasteiger partial charge in [0.1, 0.15) is 5.69 Å². The van der Waals surface area contributed by atoms with E-state index >= 15 is 0 Å². The minimum Gasteiger partial charge on any atom is -0.369 e. The summed E-state index contributed by atoms with van der Waals surface area (Å²) in [7, 11) is 2.06. The van der Waals surface area contributed by atoms with Crippen LogP contribution in [-0.2, 0) is 11.2 Å². The first-order valence-corrected chi connectivity index (χ1v) is 7.55. The molecule has 3 N–H and O–H groups in total. The van der Waals surface area contributed by atoms with Gasteiger partial charge in [0, 0.05) is 31.9 Å². The lowest BCUT2D eigenvalue weighted by Crippen LogP contribution is -2.47. The molecule has 1 aromatic rings. The standard InChI is InChI=1S/C15H22N4O2/c1-18-5-7-19(8-6-18)15(21)12-9-10-3-2-4-11(14(16)20)13(10)17-12/h9,11,17H,2-8H2,1H3,(H2,16,20). The number of aromatic amines is 1. The lowest BCUT2D eigenvalue weighted by Gasteiger charge is -2.32. The maximum absolute atomic E-state index is 12.6. The van der Waals surface area contributed by atoms with Crippen molar-refractivity contribution in [1.82, 2.24) is 14.8 Å². The summed E-state index contributed by atoms with van der Waals surface area (Å²) in [6, 6.07) is 1.91. The van der Waals surface area contributed by atoms with Gasteiger partial charge in [0.15, 0.2) is 0 Å². The molecule has 114 valence electrons. The van der Waals surface area contributed by atoms with Crippen LogP contribution in [0.4, 0.5) is 0 Å². The second-order valence-electron chi connectivity index (χ2n) is 6.06. The van der Waals surface area contributed by atoms with Crippen LogP contribution in [0.2, 0.25) is 0 Å². The highest BCUT2D eigenvalue weighted by Crippen LogP contribution is 2.31. The van der Waals surface area contributed by atoms with Crippen molar-refractivity contribution in [3.63, 3.8) is 0 Å². The molecule has 6 heteroatoms. The first-order chi connectivity index (χ1) is 10.1. The molecule has 21 heavy (non-hydrogen) atoms. The third kappa shape index (κ3) is 2.68. The molecule has 1 unspecified atom stereocenters. The molecular formula is C15H22N4O2. The lowest BCUT2D eigenvalue weighted by atomic mass is 9.87. The number of nitrogens with one attached hydrogen (secondary N) is 1. The second-order valence-corrected chi connectivity index (χ2v) is 6.06. The average molecular weight is 290 g/mol. The third-order valence-electron chi connectivity index (χ3n) is 4.59. The van der Waals surface area contributed by atoms with Gasteiger partial charge < -0.3 is 20.5 Å². The molecule has 1 aliphatic heterocycles. The van der Waals surface area contributed by atoms with Gasteiger partial charge in [-0.25, -0.2) is 0 Å². The molecule has 1 aliphatic carbocycles. The van der Waals surface area contributed by atoms with E-state index in [0.717, 1.165) is 56.7 Å². The predicted octanol–water partition coefficient (Wildman–Crippen LogP) is 0.308. The Balaban J connectivity index is 1.80. The zero-order valence-corrected chi connectivity index (χ0v) is 12.4. The maximum Gasteiger partial charge on any atom is 0.270 e. The van der Waals surface area contributed by atoms with Crippen molar-refractivity contribution in [2.75, 3.05) is 33.2 Å². The number of primary amides is 1. The highest BCUT2D eigenvalue weighted by Gasteiger charge is 2.29. The molecule has 2 amide bonds. The quantitative estimate of drug-likeness (QED) is 0.822. The molecule has 0 bridgehead atoms. The average Bonchev–Trinajstić information content (AvgIpc) is 2.90. The van der Waals surface area contributed by atoms with Crippen LogP contribution in [0.5, 0.6) is 0 Å². The van der Waals surface area contributed by atoms with Crippen molar-refractivity contribution < 1.29 is 9.59 Å². The fraction of sp³-hybridized carbons (Fsp3) is 0.600. The number of aromatic nitrogens is 1. The van der Waals surface area contributed by atoms with E-state index in [9.17, 15) is 9.59 Å². The van der Waals surface area contributed by atoms with Gasteiger partial charge >= 0.3 is 0 Å². The Hall–Kier alpha value is -1.82. The number of carbonyl (C=O) groups is 2. The fourth-order valence-electron chi connectivity index (χ4n) is 3.25. The Labute approximate surface area is 124 Å². The number of nitrogens with zero attached hydrogens (tertiary/aromatic N) is 2. The number of H-pyrrole nitrogens is 1. The van der Waals surface area contributed by atoms with E-state index in [1.165, 1.54) is 0 Å². The van der Waals surface area contributed by atoms with Crippen LogP contribution < -0.4 is 5.73 Å². The topological polar surface area (TPSA) is 82.4 Å². The molecule has 0 aromatic carbocycles. The van der Waals surface area contributed by atoms with Crippen molar-refractivity contribution in [1.29, 1.82) is 0 Å². The summed E-state index contributed by atoms with van der Waals surface area (Å²) >= 11 is 0. The molecule has 0 spiro atoms. The number of hydrogen-bond donors (Lipinski definition) is 2. The molecule has 1 atom stereocenters. The van der Waals surface area contributed by atoms with E-state index in [4.69, 9.17) is 5.73 Å². The number of hydrogen-bond acceptors (Lipinski definition) is 3. The Morgan fingerprint density at radius 1 is 1.29 bits per heavy atom. The fourth-order valence-corrected chi connectivity index (χ4v) is 3.25. The smallest absolute Gasteiger partial charge is 0.270 e. The summed E-state index contributed by atoms with van der Waals surface area (Å²) in [5, 5.41) is 0. The van der Waals surface area contributed by atoms with Crippen LogP contribution in [0.3, 0.4) is 0 Å². The third-order valence-corrected chi connectivity index (χ3v) is 4.59. The number of amides is 2. The molecule has 1 saturated heterocycles. The molecule has 1 aromatic heterocycles. The monoisotopic (exact) mass is 290 g/mol. The molecule has 3 rings (SSSR count). The summed E-state index contributed by atoms with van der Waals surface area (Å²) < 4.78 is 0. The van der Waals surface area contributed by atoms with Crippen molar-refractivity contribution in [3.8, 4) is 0 Å². The number of likely N-dealkylation sites (N-methyl/N-ethyl adjacent to an activating group) is 1. The minimum atomic E-state index is -0.309. The van der Waals surface area contributed by atoms with Crippen LogP contribution in [0, 0.1) is 0 Å². The van der Waals surface area contributed by atoms with E-state index < -0.39 is 0 Å². The Morgan fingerprint density at radius 2 is 2.00 bits per heavy atom. The summed E-state index contributed by atoms with van der Waals surface area (Å²) in [6.07, 6.45) is 2.62. The van der Waals surface area contributed by atoms with Gasteiger partial charge in [-0.1, -0.05) is 0 Å². The highest BCUT2D eigenvalue weighted by molar-refractivity contribution is 5.93. The molecule has 2 heterocycles. The van der Waals surface area contributed by atoms with Gasteiger partial charge in [-0.3, -0.25) is 9.59 Å². The number of rotatable bonds is 2. The van der Waals surface area contributed by atoms with Gasteiger partial charge in [0.25, 0.3) is 5.91 Å².